The summed E-state index contributed by atoms with van der Waals surface area (Å²) in [4.78, 5) is 1.37. The van der Waals surface area contributed by atoms with E-state index in [1.54, 1.807) is 13.0 Å². The number of nitrogens with zero attached hydrogens (tertiary/aromatic N) is 3. The molecule has 0 aliphatic rings. The second-order valence-electron chi connectivity index (χ2n) is 4.06. The fraction of sp³-hybridized carbons (Fsp3) is 0.0769. The molecule has 5 nitrogen and oxygen atoms in total. The number of aromatic nitrogens is 3. The highest BCUT2D eigenvalue weighted by molar-refractivity contribution is 5.73. The predicted octanol–water partition coefficient (Wildman–Crippen LogP) is 2.14. The first-order valence-electron chi connectivity index (χ1n) is 5.51. The van der Waals surface area contributed by atoms with Gasteiger partial charge in [-0.1, -0.05) is 12.1 Å². The lowest BCUT2D eigenvalue weighted by Gasteiger charge is -2.06. The Morgan fingerprint density at radius 1 is 0.944 bits per heavy atom. The molecule has 18 heavy (non-hydrogen) atoms. The van der Waals surface area contributed by atoms with E-state index in [4.69, 9.17) is 0 Å². The summed E-state index contributed by atoms with van der Waals surface area (Å²) in [5, 5.41) is 28.1. The largest absolute Gasteiger partial charge is 0.508 e. The Bertz CT molecular complexity index is 701. The molecule has 1 aromatic heterocycles. The number of fused-ring (bicyclic) bond motifs is 1. The molecule has 2 aromatic carbocycles. The van der Waals surface area contributed by atoms with Crippen LogP contribution in [0.5, 0.6) is 11.5 Å². The maximum absolute atomic E-state index is 10.00. The Morgan fingerprint density at radius 2 is 1.56 bits per heavy atom. The Kier molecular flexibility index (Phi) is 2.19. The highest BCUT2D eigenvalue weighted by Crippen LogP contribution is 2.31. The van der Waals surface area contributed by atoms with E-state index in [1.165, 1.54) is 10.9 Å². The van der Waals surface area contributed by atoms with Crippen molar-refractivity contribution in [2.75, 3.05) is 0 Å². The van der Waals surface area contributed by atoms with E-state index >= 15 is 0 Å². The number of phenolic OH excluding ortho intramolecular Hbond substituents is 2. The molecule has 0 spiro atoms. The molecular formula is C13H11N3O2. The number of hydrogen-bond donors (Lipinski definition) is 2. The molecule has 0 aliphatic heterocycles. The van der Waals surface area contributed by atoms with Crippen LogP contribution in [0.2, 0.25) is 0 Å². The third-order valence-electron chi connectivity index (χ3n) is 2.88. The maximum atomic E-state index is 10.00. The minimum atomic E-state index is -0.0182. The van der Waals surface area contributed by atoms with Crippen molar-refractivity contribution in [2.24, 2.45) is 0 Å². The normalized spacial score (nSPS) is 10.9. The molecule has 0 fully saturated rings. The van der Waals surface area contributed by atoms with E-state index < -0.39 is 0 Å². The van der Waals surface area contributed by atoms with E-state index in [0.717, 1.165) is 11.0 Å². The average Bonchev–Trinajstić information content (AvgIpc) is 2.79. The van der Waals surface area contributed by atoms with Crippen LogP contribution in [0, 0.1) is 6.92 Å². The van der Waals surface area contributed by atoms with Crippen LogP contribution < -0.4 is 0 Å². The minimum Gasteiger partial charge on any atom is -0.508 e. The molecule has 0 amide bonds. The van der Waals surface area contributed by atoms with Gasteiger partial charge in [-0.05, 0) is 31.2 Å². The van der Waals surface area contributed by atoms with Gasteiger partial charge in [-0.2, -0.15) is 0 Å². The Hall–Kier alpha value is -2.56. The second kappa shape index (κ2) is 3.73. The molecule has 90 valence electrons. The van der Waals surface area contributed by atoms with Crippen molar-refractivity contribution in [3.05, 3.63) is 42.0 Å². The van der Waals surface area contributed by atoms with E-state index in [1.807, 2.05) is 24.3 Å². The smallest absolute Gasteiger partial charge is 0.149 e. The molecule has 0 saturated heterocycles. The van der Waals surface area contributed by atoms with Gasteiger partial charge < -0.3 is 10.2 Å². The van der Waals surface area contributed by atoms with Crippen LogP contribution in [-0.2, 0) is 0 Å². The second-order valence-corrected chi connectivity index (χ2v) is 4.06. The summed E-state index contributed by atoms with van der Waals surface area (Å²) in [6, 6.07) is 10.5. The van der Waals surface area contributed by atoms with Crippen molar-refractivity contribution in [3.8, 4) is 17.2 Å². The number of phenols is 2. The molecule has 0 bridgehead atoms. The van der Waals surface area contributed by atoms with Gasteiger partial charge in [0.2, 0.25) is 0 Å². The van der Waals surface area contributed by atoms with Crippen molar-refractivity contribution in [2.45, 2.75) is 6.92 Å². The van der Waals surface area contributed by atoms with E-state index in [-0.39, 0.29) is 11.5 Å². The molecule has 2 N–H and O–H groups in total. The third kappa shape index (κ3) is 1.48. The SMILES string of the molecule is Cc1c(O)ccc(-n2nc3ccccc3n2)c1O. The Balaban J connectivity index is 2.23. The van der Waals surface area contributed by atoms with Gasteiger partial charge in [-0.3, -0.25) is 0 Å². The maximum Gasteiger partial charge on any atom is 0.149 e. The van der Waals surface area contributed by atoms with Gasteiger partial charge in [0.1, 0.15) is 28.2 Å². The lowest BCUT2D eigenvalue weighted by atomic mass is 10.2. The van der Waals surface area contributed by atoms with Crippen LogP contribution in [0.25, 0.3) is 16.7 Å². The zero-order chi connectivity index (χ0) is 12.7. The molecule has 3 rings (SSSR count). The van der Waals surface area contributed by atoms with Gasteiger partial charge in [0.25, 0.3) is 0 Å². The lowest BCUT2D eigenvalue weighted by Crippen LogP contribution is -1.99. The molecule has 0 radical (unpaired) electrons. The highest BCUT2D eigenvalue weighted by Gasteiger charge is 2.12. The fourth-order valence-corrected chi connectivity index (χ4v) is 1.80. The summed E-state index contributed by atoms with van der Waals surface area (Å²) in [7, 11) is 0. The first kappa shape index (κ1) is 10.6. The monoisotopic (exact) mass is 241 g/mol. The van der Waals surface area contributed by atoms with Gasteiger partial charge >= 0.3 is 0 Å². The first-order valence-corrected chi connectivity index (χ1v) is 5.51. The van der Waals surface area contributed by atoms with Crippen molar-refractivity contribution in [3.63, 3.8) is 0 Å². The minimum absolute atomic E-state index is 0.0182. The van der Waals surface area contributed by atoms with Crippen LogP contribution >= 0.6 is 0 Å². The molecular weight excluding hydrogens is 230 g/mol. The van der Waals surface area contributed by atoms with Crippen LogP contribution in [0.15, 0.2) is 36.4 Å². The summed E-state index contributed by atoms with van der Waals surface area (Å²) >= 11 is 0. The Morgan fingerprint density at radius 3 is 2.17 bits per heavy atom. The molecule has 3 aromatic rings. The van der Waals surface area contributed by atoms with Crippen LogP contribution in [0.3, 0.4) is 0 Å². The van der Waals surface area contributed by atoms with Gasteiger partial charge in [0.15, 0.2) is 0 Å². The molecule has 5 heteroatoms. The topological polar surface area (TPSA) is 71.2 Å². The summed E-state index contributed by atoms with van der Waals surface area (Å²) in [6.45, 7) is 1.64. The van der Waals surface area contributed by atoms with Gasteiger partial charge in [0.05, 0.1) is 0 Å². The third-order valence-corrected chi connectivity index (χ3v) is 2.88. The Labute approximate surface area is 103 Å². The number of benzene rings is 2. The molecule has 0 saturated carbocycles. The number of hydrogen-bond acceptors (Lipinski definition) is 4. The highest BCUT2D eigenvalue weighted by atomic mass is 16.3. The standard InChI is InChI=1S/C13H11N3O2/c1-8-12(17)7-6-11(13(8)18)16-14-9-4-2-3-5-10(9)15-16/h2-7,17-18H,1H3. The van der Waals surface area contributed by atoms with Crippen LogP contribution in [0.1, 0.15) is 5.56 Å². The van der Waals surface area contributed by atoms with Gasteiger partial charge in [-0.25, -0.2) is 0 Å². The molecule has 0 atom stereocenters. The van der Waals surface area contributed by atoms with Gasteiger partial charge in [0, 0.05) is 5.56 Å². The molecule has 0 unspecified atom stereocenters. The van der Waals surface area contributed by atoms with Crippen molar-refractivity contribution < 1.29 is 10.2 Å². The summed E-state index contributed by atoms with van der Waals surface area (Å²) < 4.78 is 0. The summed E-state index contributed by atoms with van der Waals surface area (Å²) in [5.41, 5.74) is 2.36. The van der Waals surface area contributed by atoms with E-state index in [2.05, 4.69) is 10.2 Å². The summed E-state index contributed by atoms with van der Waals surface area (Å²) in [5.74, 6) is 0.0308. The molecule has 1 heterocycles. The fourth-order valence-electron chi connectivity index (χ4n) is 1.80. The average molecular weight is 241 g/mol. The molecule has 0 aliphatic carbocycles. The quantitative estimate of drug-likeness (QED) is 0.684. The first-order chi connectivity index (χ1) is 8.66. The van der Waals surface area contributed by atoms with Crippen LogP contribution in [0.4, 0.5) is 0 Å². The number of aromatic hydroxyl groups is 2. The van der Waals surface area contributed by atoms with E-state index in [0.29, 0.717) is 11.3 Å². The van der Waals surface area contributed by atoms with Gasteiger partial charge in [-0.15, -0.1) is 15.0 Å². The van der Waals surface area contributed by atoms with E-state index in [9.17, 15) is 10.2 Å². The number of rotatable bonds is 1. The lowest BCUT2D eigenvalue weighted by molar-refractivity contribution is 0.439. The van der Waals surface area contributed by atoms with Crippen molar-refractivity contribution >= 4 is 11.0 Å². The summed E-state index contributed by atoms with van der Waals surface area (Å²) in [6.07, 6.45) is 0. The van der Waals surface area contributed by atoms with Crippen molar-refractivity contribution in [1.29, 1.82) is 0 Å². The van der Waals surface area contributed by atoms with Crippen molar-refractivity contribution in [1.82, 2.24) is 15.0 Å². The zero-order valence-corrected chi connectivity index (χ0v) is 9.70. The van der Waals surface area contributed by atoms with Crippen LogP contribution in [-0.4, -0.2) is 25.2 Å². The predicted molar refractivity (Wildman–Crippen MR) is 66.9 cm³/mol. The zero-order valence-electron chi connectivity index (χ0n) is 9.70.